The fourth-order valence-electron chi connectivity index (χ4n) is 3.78. The average molecular weight is 402 g/mol. The van der Waals surface area contributed by atoms with E-state index in [-0.39, 0.29) is 23.2 Å². The van der Waals surface area contributed by atoms with Crippen molar-refractivity contribution in [3.63, 3.8) is 0 Å². The Morgan fingerprint density at radius 2 is 2.04 bits per heavy atom. The number of aryl methyl sites for hydroxylation is 1. The van der Waals surface area contributed by atoms with Gasteiger partial charge in [0.1, 0.15) is 5.75 Å². The molecule has 0 amide bonds. The van der Waals surface area contributed by atoms with Crippen LogP contribution in [-0.4, -0.2) is 47.0 Å². The monoisotopic (exact) mass is 402 g/mol. The molecule has 148 valence electrons. The van der Waals surface area contributed by atoms with Gasteiger partial charge in [0, 0.05) is 32.4 Å². The van der Waals surface area contributed by atoms with Crippen LogP contribution in [0.3, 0.4) is 0 Å². The van der Waals surface area contributed by atoms with Gasteiger partial charge >= 0.3 is 5.69 Å². The number of sulfonamides is 1. The highest BCUT2D eigenvalue weighted by Gasteiger charge is 2.33. The van der Waals surface area contributed by atoms with E-state index in [2.05, 4.69) is 4.98 Å². The molecule has 1 aromatic carbocycles. The Hall–Kier alpha value is -2.65. The number of benzene rings is 1. The summed E-state index contributed by atoms with van der Waals surface area (Å²) in [7, 11) is -0.477. The number of pyridine rings is 1. The summed E-state index contributed by atoms with van der Waals surface area (Å²) in [6.45, 7) is 0.651. The van der Waals surface area contributed by atoms with E-state index in [1.807, 2.05) is 6.07 Å². The van der Waals surface area contributed by atoms with Gasteiger partial charge in [0.25, 0.3) is 0 Å². The van der Waals surface area contributed by atoms with Gasteiger partial charge in [0.15, 0.2) is 5.65 Å². The number of nitrogens with zero attached hydrogens (tertiary/aromatic N) is 4. The molecule has 1 aliphatic rings. The summed E-state index contributed by atoms with van der Waals surface area (Å²) < 4.78 is 36.1. The normalized spacial score (nSPS) is 18.4. The van der Waals surface area contributed by atoms with E-state index in [1.165, 1.54) is 17.5 Å². The molecule has 1 aliphatic heterocycles. The number of hydrogen-bond donors (Lipinski definition) is 0. The molecule has 8 nitrogen and oxygen atoms in total. The van der Waals surface area contributed by atoms with E-state index in [1.54, 1.807) is 46.6 Å². The number of hydrogen-bond acceptors (Lipinski definition) is 5. The number of rotatable bonds is 4. The minimum absolute atomic E-state index is 0.181. The van der Waals surface area contributed by atoms with Gasteiger partial charge in [0.05, 0.1) is 23.6 Å². The van der Waals surface area contributed by atoms with E-state index >= 15 is 0 Å². The SMILES string of the molecule is COc1cccc(S(=O)(=O)N2CCC[C@H](n3c(=O)n(C)c4cccnc43)C2)c1. The van der Waals surface area contributed by atoms with Crippen molar-refractivity contribution in [3.05, 3.63) is 53.1 Å². The maximum atomic E-state index is 13.1. The molecule has 1 saturated heterocycles. The number of aromatic nitrogens is 3. The van der Waals surface area contributed by atoms with Crippen LogP contribution in [0.15, 0.2) is 52.3 Å². The van der Waals surface area contributed by atoms with Crippen molar-refractivity contribution in [3.8, 4) is 5.75 Å². The Labute approximate surface area is 163 Å². The Morgan fingerprint density at radius 1 is 1.21 bits per heavy atom. The van der Waals surface area contributed by atoms with E-state index in [0.29, 0.717) is 24.4 Å². The molecule has 2 aromatic heterocycles. The molecule has 0 unspecified atom stereocenters. The number of fused-ring (bicyclic) bond motifs is 1. The van der Waals surface area contributed by atoms with Crippen molar-refractivity contribution in [2.45, 2.75) is 23.8 Å². The summed E-state index contributed by atoms with van der Waals surface area (Å²) in [4.78, 5) is 17.4. The summed E-state index contributed by atoms with van der Waals surface area (Å²) in [5.74, 6) is 0.490. The Bertz CT molecular complexity index is 1180. The van der Waals surface area contributed by atoms with Crippen LogP contribution < -0.4 is 10.4 Å². The third kappa shape index (κ3) is 3.00. The fraction of sp³-hybridized carbons (Fsp3) is 0.368. The van der Waals surface area contributed by atoms with Gasteiger partial charge in [0.2, 0.25) is 10.0 Å². The fourth-order valence-corrected chi connectivity index (χ4v) is 5.33. The highest BCUT2D eigenvalue weighted by Crippen LogP contribution is 2.29. The second-order valence-electron chi connectivity index (χ2n) is 6.90. The van der Waals surface area contributed by atoms with E-state index in [9.17, 15) is 13.2 Å². The topological polar surface area (TPSA) is 86.4 Å². The molecular weight excluding hydrogens is 380 g/mol. The lowest BCUT2D eigenvalue weighted by atomic mass is 10.1. The van der Waals surface area contributed by atoms with Gasteiger partial charge in [-0.15, -0.1) is 0 Å². The molecule has 1 atom stereocenters. The van der Waals surface area contributed by atoms with Crippen LogP contribution in [0.2, 0.25) is 0 Å². The largest absolute Gasteiger partial charge is 0.497 e. The molecule has 4 rings (SSSR count). The van der Waals surface area contributed by atoms with Crippen LogP contribution in [0.5, 0.6) is 5.75 Å². The lowest BCUT2D eigenvalue weighted by molar-refractivity contribution is 0.265. The Balaban J connectivity index is 1.71. The molecule has 28 heavy (non-hydrogen) atoms. The molecule has 0 saturated carbocycles. The van der Waals surface area contributed by atoms with Crippen LogP contribution >= 0.6 is 0 Å². The quantitative estimate of drug-likeness (QED) is 0.664. The van der Waals surface area contributed by atoms with Crippen molar-refractivity contribution in [2.24, 2.45) is 7.05 Å². The van der Waals surface area contributed by atoms with Gasteiger partial charge in [-0.1, -0.05) is 6.07 Å². The maximum Gasteiger partial charge on any atom is 0.330 e. The van der Waals surface area contributed by atoms with Crippen molar-refractivity contribution in [1.29, 1.82) is 0 Å². The highest BCUT2D eigenvalue weighted by atomic mass is 32.2. The number of piperidine rings is 1. The molecule has 0 aliphatic carbocycles. The average Bonchev–Trinajstić information content (AvgIpc) is 2.99. The molecule has 0 radical (unpaired) electrons. The second kappa shape index (κ2) is 7.06. The molecular formula is C19H22N4O4S. The first-order valence-corrected chi connectivity index (χ1v) is 10.5. The van der Waals surface area contributed by atoms with Gasteiger partial charge < -0.3 is 4.74 Å². The predicted molar refractivity (Wildman–Crippen MR) is 105 cm³/mol. The van der Waals surface area contributed by atoms with Crippen LogP contribution in [0.25, 0.3) is 11.2 Å². The maximum absolute atomic E-state index is 13.1. The summed E-state index contributed by atoms with van der Waals surface area (Å²) in [6, 6.07) is 9.81. The molecule has 3 aromatic rings. The molecule has 0 spiro atoms. The molecule has 0 N–H and O–H groups in total. The van der Waals surface area contributed by atoms with Crippen molar-refractivity contribution >= 4 is 21.2 Å². The minimum atomic E-state index is -3.68. The number of ether oxygens (including phenoxy) is 1. The predicted octanol–water partition coefficient (Wildman–Crippen LogP) is 1.77. The lowest BCUT2D eigenvalue weighted by Gasteiger charge is -2.32. The smallest absolute Gasteiger partial charge is 0.330 e. The third-order valence-corrected chi connectivity index (χ3v) is 7.11. The molecule has 1 fully saturated rings. The third-order valence-electron chi connectivity index (χ3n) is 5.25. The van der Waals surface area contributed by atoms with Gasteiger partial charge in [-0.3, -0.25) is 9.13 Å². The summed E-state index contributed by atoms with van der Waals surface area (Å²) in [5, 5.41) is 0. The van der Waals surface area contributed by atoms with E-state index in [4.69, 9.17) is 4.74 Å². The van der Waals surface area contributed by atoms with Crippen molar-refractivity contribution < 1.29 is 13.2 Å². The van der Waals surface area contributed by atoms with Crippen LogP contribution in [0, 0.1) is 0 Å². The molecule has 0 bridgehead atoms. The zero-order valence-electron chi connectivity index (χ0n) is 15.8. The Morgan fingerprint density at radius 3 is 2.82 bits per heavy atom. The van der Waals surface area contributed by atoms with E-state index < -0.39 is 10.0 Å². The van der Waals surface area contributed by atoms with E-state index in [0.717, 1.165) is 11.9 Å². The zero-order valence-corrected chi connectivity index (χ0v) is 16.6. The minimum Gasteiger partial charge on any atom is -0.497 e. The lowest BCUT2D eigenvalue weighted by Crippen LogP contribution is -2.42. The highest BCUT2D eigenvalue weighted by molar-refractivity contribution is 7.89. The number of imidazole rings is 1. The summed E-state index contributed by atoms with van der Waals surface area (Å²) in [5.41, 5.74) is 1.14. The standard InChI is InChI=1S/C19H22N4O4S/c1-21-17-9-4-10-20-18(17)23(19(21)24)14-6-5-11-22(13-14)28(25,26)16-8-3-7-15(12-16)27-2/h3-4,7-10,12,14H,5-6,11,13H2,1-2H3/t14-/m0/s1. The van der Waals surface area contributed by atoms with Crippen molar-refractivity contribution in [1.82, 2.24) is 18.4 Å². The Kier molecular flexibility index (Phi) is 4.72. The van der Waals surface area contributed by atoms with Gasteiger partial charge in [-0.25, -0.2) is 18.2 Å². The molecule has 3 heterocycles. The zero-order chi connectivity index (χ0) is 19.9. The van der Waals surface area contributed by atoms with Crippen LogP contribution in [0.4, 0.5) is 0 Å². The van der Waals surface area contributed by atoms with Crippen LogP contribution in [0.1, 0.15) is 18.9 Å². The second-order valence-corrected chi connectivity index (χ2v) is 8.83. The number of methoxy groups -OCH3 is 1. The summed E-state index contributed by atoms with van der Waals surface area (Å²) in [6.07, 6.45) is 3.04. The molecule has 9 heteroatoms. The van der Waals surface area contributed by atoms with Crippen LogP contribution in [-0.2, 0) is 17.1 Å². The first kappa shape index (κ1) is 18.7. The summed E-state index contributed by atoms with van der Waals surface area (Å²) >= 11 is 0. The van der Waals surface area contributed by atoms with Gasteiger partial charge in [-0.2, -0.15) is 4.31 Å². The van der Waals surface area contributed by atoms with Crippen molar-refractivity contribution in [2.75, 3.05) is 20.2 Å². The van der Waals surface area contributed by atoms with Gasteiger partial charge in [-0.05, 0) is 37.1 Å². The first-order chi connectivity index (χ1) is 13.4. The first-order valence-electron chi connectivity index (χ1n) is 9.09.